The molecule has 0 aromatic carbocycles. The van der Waals surface area contributed by atoms with Gasteiger partial charge in [0.1, 0.15) is 0 Å². The third-order valence-electron chi connectivity index (χ3n) is 4.58. The van der Waals surface area contributed by atoms with Gasteiger partial charge in [0.2, 0.25) is 0 Å². The van der Waals surface area contributed by atoms with Crippen molar-refractivity contribution in [2.45, 2.75) is 59.4 Å². The molecule has 1 heterocycles. The number of likely N-dealkylation sites (N-methyl/N-ethyl adjacent to an activating group) is 1. The average molecular weight is 314 g/mol. The molecule has 0 amide bonds. The fourth-order valence-corrected chi connectivity index (χ4v) is 3.23. The molecule has 1 unspecified atom stereocenters. The average Bonchev–Trinajstić information content (AvgIpc) is 2.75. The molecule has 0 spiro atoms. The van der Waals surface area contributed by atoms with E-state index in [-0.39, 0.29) is 5.78 Å². The normalized spacial score (nSPS) is 14.5. The molecule has 0 fully saturated rings. The molecular formula is C16H28ClN3O. The maximum atomic E-state index is 12.9. The van der Waals surface area contributed by atoms with Crippen LogP contribution in [0.4, 0.5) is 0 Å². The molecule has 0 bridgehead atoms. The molecule has 4 nitrogen and oxygen atoms in total. The van der Waals surface area contributed by atoms with Crippen LogP contribution in [0.15, 0.2) is 0 Å². The first-order valence-electron chi connectivity index (χ1n) is 7.84. The lowest BCUT2D eigenvalue weighted by Crippen LogP contribution is -2.52. The summed E-state index contributed by atoms with van der Waals surface area (Å²) in [7, 11) is 1.86. The van der Waals surface area contributed by atoms with Crippen LogP contribution in [0.5, 0.6) is 0 Å². The van der Waals surface area contributed by atoms with Gasteiger partial charge in [-0.3, -0.25) is 14.4 Å². The van der Waals surface area contributed by atoms with Gasteiger partial charge >= 0.3 is 0 Å². The number of halogens is 1. The van der Waals surface area contributed by atoms with E-state index < -0.39 is 5.54 Å². The first-order valence-corrected chi connectivity index (χ1v) is 8.21. The van der Waals surface area contributed by atoms with Crippen LogP contribution in [0.2, 0.25) is 5.02 Å². The Hall–Kier alpha value is -0.870. The maximum Gasteiger partial charge on any atom is 0.158 e. The number of nitrogens with zero attached hydrogens (tertiary/aromatic N) is 3. The van der Waals surface area contributed by atoms with Crippen LogP contribution in [-0.2, 0) is 24.7 Å². The van der Waals surface area contributed by atoms with Gasteiger partial charge in [0.15, 0.2) is 5.78 Å². The number of rotatable bonds is 8. The van der Waals surface area contributed by atoms with Gasteiger partial charge < -0.3 is 0 Å². The summed E-state index contributed by atoms with van der Waals surface area (Å²) in [5.41, 5.74) is 1.25. The number of hydrogen-bond donors (Lipinski definition) is 0. The van der Waals surface area contributed by atoms with Crippen molar-refractivity contribution in [1.82, 2.24) is 14.7 Å². The van der Waals surface area contributed by atoms with Crippen molar-refractivity contribution in [3.63, 3.8) is 0 Å². The van der Waals surface area contributed by atoms with E-state index >= 15 is 0 Å². The monoisotopic (exact) mass is 313 g/mol. The minimum atomic E-state index is -0.441. The fourth-order valence-electron chi connectivity index (χ4n) is 2.87. The van der Waals surface area contributed by atoms with Gasteiger partial charge in [-0.25, -0.2) is 0 Å². The van der Waals surface area contributed by atoms with E-state index in [0.717, 1.165) is 37.3 Å². The van der Waals surface area contributed by atoms with E-state index in [2.05, 4.69) is 30.8 Å². The largest absolute Gasteiger partial charge is 0.297 e. The topological polar surface area (TPSA) is 38.1 Å². The fraction of sp³-hybridized carbons (Fsp3) is 0.750. The predicted molar refractivity (Wildman–Crippen MR) is 87.9 cm³/mol. The Bertz CT molecular complexity index is 494. The molecule has 0 saturated carbocycles. The zero-order valence-corrected chi connectivity index (χ0v) is 14.9. The van der Waals surface area contributed by atoms with E-state index in [1.54, 1.807) is 4.68 Å². The standard InChI is InChI=1S/C16H28ClN3O/c1-7-12-15(17)13(19(6)18-12)11-14(21)16(5,8-2)20(9-3)10-4/h7-11H2,1-6H3. The predicted octanol–water partition coefficient (Wildman–Crippen LogP) is 3.26. The summed E-state index contributed by atoms with van der Waals surface area (Å²) in [6.45, 7) is 12.0. The lowest BCUT2D eigenvalue weighted by atomic mass is 9.88. The maximum absolute atomic E-state index is 12.9. The SMILES string of the molecule is CCc1nn(C)c(CC(=O)C(C)(CC)N(CC)CC)c1Cl. The van der Waals surface area contributed by atoms with Crippen LogP contribution in [0.3, 0.4) is 0 Å². The summed E-state index contributed by atoms with van der Waals surface area (Å²) in [6.07, 6.45) is 1.91. The molecule has 0 aliphatic carbocycles. The van der Waals surface area contributed by atoms with Crippen molar-refractivity contribution in [3.05, 3.63) is 16.4 Å². The summed E-state index contributed by atoms with van der Waals surface area (Å²) in [5, 5.41) is 5.04. The van der Waals surface area contributed by atoms with Crippen LogP contribution >= 0.6 is 11.6 Å². The van der Waals surface area contributed by atoms with Crippen LogP contribution < -0.4 is 0 Å². The molecule has 1 rings (SSSR count). The van der Waals surface area contributed by atoms with Crippen molar-refractivity contribution in [2.24, 2.45) is 7.05 Å². The van der Waals surface area contributed by atoms with Crippen molar-refractivity contribution < 1.29 is 4.79 Å². The summed E-state index contributed by atoms with van der Waals surface area (Å²) < 4.78 is 1.75. The Kier molecular flexibility index (Phi) is 6.41. The van der Waals surface area contributed by atoms with Crippen LogP contribution in [-0.4, -0.2) is 39.1 Å². The Balaban J connectivity index is 3.06. The summed E-state index contributed by atoms with van der Waals surface area (Å²) in [4.78, 5) is 15.1. The highest BCUT2D eigenvalue weighted by Crippen LogP contribution is 2.26. The number of hydrogen-bond acceptors (Lipinski definition) is 3. The molecule has 5 heteroatoms. The number of ketones is 1. The Morgan fingerprint density at radius 1 is 1.29 bits per heavy atom. The van der Waals surface area contributed by atoms with Gasteiger partial charge in [-0.05, 0) is 32.9 Å². The molecule has 21 heavy (non-hydrogen) atoms. The Morgan fingerprint density at radius 3 is 2.24 bits per heavy atom. The van der Waals surface area contributed by atoms with E-state index in [0.29, 0.717) is 11.4 Å². The zero-order valence-electron chi connectivity index (χ0n) is 14.2. The lowest BCUT2D eigenvalue weighted by Gasteiger charge is -2.38. The van der Waals surface area contributed by atoms with Gasteiger partial charge in [0.05, 0.1) is 28.4 Å². The van der Waals surface area contributed by atoms with E-state index in [9.17, 15) is 4.79 Å². The summed E-state index contributed by atoms with van der Waals surface area (Å²) in [6, 6.07) is 0. The van der Waals surface area contributed by atoms with Crippen LogP contribution in [0.25, 0.3) is 0 Å². The molecule has 0 saturated heterocycles. The van der Waals surface area contributed by atoms with E-state index in [4.69, 9.17) is 11.6 Å². The van der Waals surface area contributed by atoms with Crippen molar-refractivity contribution in [3.8, 4) is 0 Å². The smallest absolute Gasteiger partial charge is 0.158 e. The first kappa shape index (κ1) is 18.2. The van der Waals surface area contributed by atoms with Crippen molar-refractivity contribution in [1.29, 1.82) is 0 Å². The van der Waals surface area contributed by atoms with Crippen molar-refractivity contribution in [2.75, 3.05) is 13.1 Å². The highest BCUT2D eigenvalue weighted by molar-refractivity contribution is 6.32. The van der Waals surface area contributed by atoms with Crippen LogP contribution in [0.1, 0.15) is 52.4 Å². The lowest BCUT2D eigenvalue weighted by molar-refractivity contribution is -0.130. The minimum absolute atomic E-state index is 0.209. The Labute approximate surface area is 133 Å². The molecule has 0 N–H and O–H groups in total. The number of carbonyl (C=O) groups excluding carboxylic acids is 1. The first-order chi connectivity index (χ1) is 9.85. The second-order valence-corrected chi connectivity index (χ2v) is 5.96. The van der Waals surface area contributed by atoms with E-state index in [1.807, 2.05) is 20.9 Å². The molecule has 0 aliphatic rings. The molecular weight excluding hydrogens is 286 g/mol. The van der Waals surface area contributed by atoms with Gasteiger partial charge in [-0.1, -0.05) is 39.3 Å². The summed E-state index contributed by atoms with van der Waals surface area (Å²) in [5.74, 6) is 0.209. The number of Topliss-reactive ketones (excluding diaryl/α,β-unsaturated/α-hetero) is 1. The number of aryl methyl sites for hydroxylation is 2. The second kappa shape index (κ2) is 7.41. The zero-order chi connectivity index (χ0) is 16.2. The molecule has 1 atom stereocenters. The quantitative estimate of drug-likeness (QED) is 0.739. The number of carbonyl (C=O) groups is 1. The Morgan fingerprint density at radius 2 is 1.86 bits per heavy atom. The molecule has 1 aromatic heterocycles. The highest BCUT2D eigenvalue weighted by atomic mass is 35.5. The molecule has 0 aliphatic heterocycles. The summed E-state index contributed by atoms with van der Waals surface area (Å²) >= 11 is 6.37. The van der Waals surface area contributed by atoms with Gasteiger partial charge in [-0.2, -0.15) is 5.10 Å². The third-order valence-corrected chi connectivity index (χ3v) is 5.02. The molecule has 120 valence electrons. The second-order valence-electron chi connectivity index (χ2n) is 5.58. The molecule has 1 aromatic rings. The van der Waals surface area contributed by atoms with E-state index in [1.165, 1.54) is 0 Å². The highest BCUT2D eigenvalue weighted by Gasteiger charge is 2.36. The molecule has 0 radical (unpaired) electrons. The number of aromatic nitrogens is 2. The van der Waals surface area contributed by atoms with Crippen molar-refractivity contribution >= 4 is 17.4 Å². The minimum Gasteiger partial charge on any atom is -0.297 e. The van der Waals surface area contributed by atoms with Gasteiger partial charge in [0.25, 0.3) is 0 Å². The van der Waals surface area contributed by atoms with Gasteiger partial charge in [-0.15, -0.1) is 0 Å². The van der Waals surface area contributed by atoms with Crippen LogP contribution in [0, 0.1) is 0 Å². The third kappa shape index (κ3) is 3.49. The van der Waals surface area contributed by atoms with Gasteiger partial charge in [0, 0.05) is 7.05 Å².